The second-order valence-corrected chi connectivity index (χ2v) is 17.2. The van der Waals surface area contributed by atoms with Crippen LogP contribution in [-0.2, 0) is 27.2 Å². The number of hydrogen-bond donors (Lipinski definition) is 5. The molecule has 0 radical (unpaired) electrons. The quantitative estimate of drug-likeness (QED) is 0.135. The smallest absolute Gasteiger partial charge is 0.407 e. The maximum Gasteiger partial charge on any atom is 0.407 e. The van der Waals surface area contributed by atoms with E-state index < -0.39 is 24.3 Å². The van der Waals surface area contributed by atoms with Crippen molar-refractivity contribution < 1.29 is 29.0 Å². The van der Waals surface area contributed by atoms with Gasteiger partial charge in [-0.1, -0.05) is 52.0 Å². The van der Waals surface area contributed by atoms with E-state index in [1.807, 2.05) is 43.6 Å². The van der Waals surface area contributed by atoms with Gasteiger partial charge in [-0.05, 0) is 97.4 Å². The van der Waals surface area contributed by atoms with Gasteiger partial charge in [0.05, 0.1) is 35.9 Å². The van der Waals surface area contributed by atoms with E-state index in [1.54, 1.807) is 0 Å². The molecule has 5 aliphatic rings. The van der Waals surface area contributed by atoms with E-state index in [2.05, 4.69) is 50.9 Å². The topological polar surface area (TPSA) is 186 Å². The summed E-state index contributed by atoms with van der Waals surface area (Å²) in [6.07, 6.45) is 4.49. The molecule has 5 N–H and O–H groups in total. The molecule has 2 aromatic carbocycles. The number of aromatic nitrogens is 4. The Morgan fingerprint density at radius 3 is 2.02 bits per heavy atom. The average molecular weight is 763 g/mol. The molecule has 4 aromatic rings. The molecular weight excluding hydrogens is 713 g/mol. The van der Waals surface area contributed by atoms with Crippen LogP contribution in [0.25, 0.3) is 33.4 Å². The molecule has 4 amide bonds. The van der Waals surface area contributed by atoms with E-state index in [4.69, 9.17) is 14.7 Å². The monoisotopic (exact) mass is 762 g/mol. The van der Waals surface area contributed by atoms with Crippen LogP contribution >= 0.6 is 0 Å². The van der Waals surface area contributed by atoms with Crippen LogP contribution in [0.3, 0.4) is 0 Å². The summed E-state index contributed by atoms with van der Waals surface area (Å²) < 4.78 is 4.82. The lowest BCUT2D eigenvalue weighted by Gasteiger charge is -2.31. The molecule has 0 unspecified atom stereocenters. The Bertz CT molecular complexity index is 2240. The van der Waals surface area contributed by atoms with Crippen molar-refractivity contribution in [3.8, 4) is 22.4 Å². The predicted octanol–water partition coefficient (Wildman–Crippen LogP) is 6.11. The summed E-state index contributed by atoms with van der Waals surface area (Å²) in [7, 11) is 1.30. The van der Waals surface area contributed by atoms with Crippen molar-refractivity contribution in [1.29, 1.82) is 0 Å². The summed E-state index contributed by atoms with van der Waals surface area (Å²) >= 11 is 0. The van der Waals surface area contributed by atoms with Gasteiger partial charge >= 0.3 is 12.2 Å². The Balaban J connectivity index is 0.967. The van der Waals surface area contributed by atoms with Gasteiger partial charge in [0.25, 0.3) is 0 Å². The molecule has 56 heavy (non-hydrogen) atoms. The number of aromatic amines is 2. The van der Waals surface area contributed by atoms with Gasteiger partial charge < -0.3 is 40.2 Å². The minimum atomic E-state index is -1.19. The Morgan fingerprint density at radius 2 is 1.39 bits per heavy atom. The van der Waals surface area contributed by atoms with Gasteiger partial charge in [0, 0.05) is 23.3 Å². The lowest BCUT2D eigenvalue weighted by atomic mass is 9.96. The molecule has 3 aliphatic carbocycles. The molecule has 2 saturated carbocycles. The minimum absolute atomic E-state index is 0.0998. The highest BCUT2D eigenvalue weighted by atomic mass is 16.5. The van der Waals surface area contributed by atoms with Crippen LogP contribution in [0, 0.1) is 23.7 Å². The number of carbonyl (C=O) groups excluding carboxylic acids is 3. The third-order valence-corrected chi connectivity index (χ3v) is 12.8. The van der Waals surface area contributed by atoms with Crippen LogP contribution in [0.5, 0.6) is 0 Å². The van der Waals surface area contributed by atoms with E-state index in [-0.39, 0.29) is 47.8 Å². The third kappa shape index (κ3) is 6.26. The van der Waals surface area contributed by atoms with E-state index in [0.717, 1.165) is 95.7 Å². The predicted molar refractivity (Wildman–Crippen MR) is 207 cm³/mol. The number of nitrogens with zero attached hydrogens (tertiary/aromatic N) is 4. The number of likely N-dealkylation sites (tertiary alicyclic amines) is 2. The summed E-state index contributed by atoms with van der Waals surface area (Å²) in [5, 5.41) is 14.7. The number of hydrogen-bond acceptors (Lipinski definition) is 7. The number of ether oxygens (including phenoxy) is 1. The lowest BCUT2D eigenvalue weighted by Crippen LogP contribution is -2.52. The first-order valence-electron chi connectivity index (χ1n) is 20.1. The molecule has 14 heteroatoms. The molecule has 4 heterocycles. The number of aryl methyl sites for hydroxylation is 2. The number of H-pyrrole nitrogens is 2. The van der Waals surface area contributed by atoms with Crippen LogP contribution in [-0.4, -0.2) is 90.1 Å². The van der Waals surface area contributed by atoms with Gasteiger partial charge in [-0.15, -0.1) is 0 Å². The Hall–Kier alpha value is -5.40. The van der Waals surface area contributed by atoms with E-state index in [0.29, 0.717) is 11.8 Å². The van der Waals surface area contributed by atoms with Crippen molar-refractivity contribution in [3.05, 3.63) is 59.3 Å². The lowest BCUT2D eigenvalue weighted by molar-refractivity contribution is -0.137. The molecule has 294 valence electrons. The van der Waals surface area contributed by atoms with Gasteiger partial charge in [0.1, 0.15) is 23.7 Å². The highest BCUT2D eigenvalue weighted by Gasteiger charge is 2.57. The molecule has 8 atom stereocenters. The zero-order valence-corrected chi connectivity index (χ0v) is 32.5. The first-order chi connectivity index (χ1) is 26.9. The normalized spacial score (nSPS) is 25.6. The summed E-state index contributed by atoms with van der Waals surface area (Å²) in [6, 6.07) is 11.2. The number of amides is 4. The Morgan fingerprint density at radius 1 is 0.786 bits per heavy atom. The van der Waals surface area contributed by atoms with E-state index in [1.165, 1.54) is 12.7 Å². The molecule has 14 nitrogen and oxygen atoms in total. The number of nitrogens with one attached hydrogen (secondary N) is 4. The number of imidazole rings is 2. The van der Waals surface area contributed by atoms with E-state index >= 15 is 0 Å². The summed E-state index contributed by atoms with van der Waals surface area (Å²) in [5.41, 5.74) is 8.20. The summed E-state index contributed by atoms with van der Waals surface area (Å²) in [6.45, 7) is 7.58. The van der Waals surface area contributed by atoms with Crippen molar-refractivity contribution in [2.24, 2.45) is 23.7 Å². The number of rotatable bonds is 9. The minimum Gasteiger partial charge on any atom is -0.465 e. The number of benzene rings is 2. The average Bonchev–Trinajstić information content (AvgIpc) is 3.88. The van der Waals surface area contributed by atoms with Gasteiger partial charge in [-0.3, -0.25) is 9.59 Å². The SMILES string of the molecule is COC(=O)N[C@H](C(=O)N1[C@@H]2C[C@@H]2C[C@H]1c1nc2ccc(-c3ccc4c(c3)CCCc3[nH]c([C@@H]5C[C@H]6C[C@H]6N5C(=O)[C@@H](NC(=O)O)C(C)C)nc3-4)cc2[nH]1)C(C)C. The van der Waals surface area contributed by atoms with Crippen LogP contribution in [0.4, 0.5) is 9.59 Å². The first kappa shape index (κ1) is 36.3. The largest absolute Gasteiger partial charge is 0.465 e. The molecule has 2 aliphatic heterocycles. The maximum absolute atomic E-state index is 13.9. The second-order valence-electron chi connectivity index (χ2n) is 17.2. The number of carboxylic acid groups (broad SMARTS) is 1. The van der Waals surface area contributed by atoms with Gasteiger partial charge in [0.15, 0.2) is 0 Å². The fraction of sp³-hybridized carbons (Fsp3) is 0.524. The van der Waals surface area contributed by atoms with Crippen molar-refractivity contribution in [3.63, 3.8) is 0 Å². The fourth-order valence-electron chi connectivity index (χ4n) is 9.73. The van der Waals surface area contributed by atoms with Gasteiger partial charge in [-0.25, -0.2) is 19.6 Å². The zero-order valence-electron chi connectivity index (χ0n) is 32.5. The van der Waals surface area contributed by atoms with Crippen LogP contribution in [0.1, 0.15) is 94.8 Å². The van der Waals surface area contributed by atoms with Crippen molar-refractivity contribution in [1.82, 2.24) is 40.4 Å². The van der Waals surface area contributed by atoms with Crippen LogP contribution in [0.2, 0.25) is 0 Å². The second kappa shape index (κ2) is 13.7. The maximum atomic E-state index is 13.9. The molecule has 2 saturated heterocycles. The molecule has 9 rings (SSSR count). The number of fused-ring (bicyclic) bond motifs is 6. The molecular formula is C42H50N8O6. The Kier molecular flexibility index (Phi) is 8.84. The molecule has 0 bridgehead atoms. The van der Waals surface area contributed by atoms with Gasteiger partial charge in [0.2, 0.25) is 11.8 Å². The summed E-state index contributed by atoms with van der Waals surface area (Å²) in [5.74, 6) is 1.85. The van der Waals surface area contributed by atoms with Crippen molar-refractivity contribution >= 4 is 35.0 Å². The highest BCUT2D eigenvalue weighted by molar-refractivity contribution is 5.88. The zero-order chi connectivity index (χ0) is 39.2. The molecule has 4 fully saturated rings. The number of carbonyl (C=O) groups is 4. The molecule has 0 spiro atoms. The summed E-state index contributed by atoms with van der Waals surface area (Å²) in [4.78, 5) is 72.6. The van der Waals surface area contributed by atoms with Crippen LogP contribution in [0.15, 0.2) is 36.4 Å². The number of piperidine rings is 2. The first-order valence-corrected chi connectivity index (χ1v) is 20.1. The number of methoxy groups -OCH3 is 1. The van der Waals surface area contributed by atoms with Gasteiger partial charge in [-0.2, -0.15) is 0 Å². The highest BCUT2D eigenvalue weighted by Crippen LogP contribution is 2.55. The standard InChI is InChI=1S/C42H50N8O6/c1-19(2)34(47-41(53)54)39(51)50-31-16-25(31)18-33(50)38-44-28-8-6-7-23-13-21(9-11-26(23)36(28)46-38)22-10-12-27-29(14-22)45-37(43-27)32-17-24-15-30(24)49(32)40(52)35(20(3)4)48-42(55)56-5/h9-14,19-20,24-25,30-35,47H,6-8,15-18H2,1-5H3,(H,43,45)(H,44,46)(H,48,55)(H,53,54)/t24-,25-,30-,31-,32+,33+,34+,35+/m1/s1. The van der Waals surface area contributed by atoms with Crippen molar-refractivity contribution in [2.75, 3.05) is 7.11 Å². The Labute approximate surface area is 325 Å². The van der Waals surface area contributed by atoms with Crippen molar-refractivity contribution in [2.45, 2.75) is 109 Å². The molecule has 2 aromatic heterocycles. The fourth-order valence-corrected chi connectivity index (χ4v) is 9.73. The number of alkyl carbamates (subject to hydrolysis) is 1. The van der Waals surface area contributed by atoms with E-state index in [9.17, 15) is 24.3 Å². The van der Waals surface area contributed by atoms with Crippen LogP contribution < -0.4 is 10.6 Å². The third-order valence-electron chi connectivity index (χ3n) is 12.8.